The van der Waals surface area contributed by atoms with E-state index in [9.17, 15) is 4.79 Å². The van der Waals surface area contributed by atoms with Gasteiger partial charge in [0.25, 0.3) is 5.91 Å². The third-order valence-electron chi connectivity index (χ3n) is 3.84. The Morgan fingerprint density at radius 2 is 1.92 bits per heavy atom. The first kappa shape index (κ1) is 15.0. The van der Waals surface area contributed by atoms with Crippen LogP contribution in [0.1, 0.15) is 21.5 Å². The van der Waals surface area contributed by atoms with Crippen molar-refractivity contribution in [3.63, 3.8) is 0 Å². The highest BCUT2D eigenvalue weighted by molar-refractivity contribution is 7.22. The Kier molecular flexibility index (Phi) is 3.61. The van der Waals surface area contributed by atoms with E-state index in [1.54, 1.807) is 18.2 Å². The summed E-state index contributed by atoms with van der Waals surface area (Å²) >= 11 is 1.49. The van der Waals surface area contributed by atoms with Crippen molar-refractivity contribution in [1.29, 1.82) is 0 Å². The van der Waals surface area contributed by atoms with Crippen LogP contribution in [-0.4, -0.2) is 24.1 Å². The number of hydrogen-bond donors (Lipinski definition) is 1. The third-order valence-corrected chi connectivity index (χ3v) is 4.97. The van der Waals surface area contributed by atoms with Crippen LogP contribution in [0.4, 0.5) is 5.13 Å². The first-order chi connectivity index (χ1) is 11.6. The first-order valence-electron chi connectivity index (χ1n) is 7.69. The molecule has 2 heterocycles. The van der Waals surface area contributed by atoms with Crippen molar-refractivity contribution in [2.75, 3.05) is 18.5 Å². The maximum atomic E-state index is 12.5. The maximum absolute atomic E-state index is 12.5. The zero-order valence-electron chi connectivity index (χ0n) is 13.4. The van der Waals surface area contributed by atoms with E-state index in [-0.39, 0.29) is 5.91 Å². The van der Waals surface area contributed by atoms with Crippen LogP contribution < -0.4 is 14.8 Å². The number of ether oxygens (including phenoxy) is 2. The van der Waals surface area contributed by atoms with Crippen LogP contribution in [0, 0.1) is 13.8 Å². The summed E-state index contributed by atoms with van der Waals surface area (Å²) in [5, 5.41) is 3.47. The van der Waals surface area contributed by atoms with Crippen LogP contribution in [0.25, 0.3) is 10.2 Å². The van der Waals surface area contributed by atoms with Crippen LogP contribution in [0.3, 0.4) is 0 Å². The van der Waals surface area contributed by atoms with E-state index in [1.165, 1.54) is 16.9 Å². The summed E-state index contributed by atoms with van der Waals surface area (Å²) in [6.45, 7) is 5.12. The van der Waals surface area contributed by atoms with Gasteiger partial charge in [-0.3, -0.25) is 10.1 Å². The number of hydrogen-bond acceptors (Lipinski definition) is 5. The molecule has 122 valence electrons. The number of aryl methyl sites for hydroxylation is 2. The van der Waals surface area contributed by atoms with E-state index in [1.807, 2.05) is 13.0 Å². The predicted molar refractivity (Wildman–Crippen MR) is 94.5 cm³/mol. The summed E-state index contributed by atoms with van der Waals surface area (Å²) in [5.74, 6) is 1.06. The normalized spacial score (nSPS) is 13.1. The van der Waals surface area contributed by atoms with Gasteiger partial charge in [0.1, 0.15) is 13.2 Å². The topological polar surface area (TPSA) is 60.5 Å². The summed E-state index contributed by atoms with van der Waals surface area (Å²) in [7, 11) is 0. The van der Waals surface area contributed by atoms with Crippen molar-refractivity contribution in [2.24, 2.45) is 0 Å². The molecule has 1 N–H and O–H groups in total. The van der Waals surface area contributed by atoms with E-state index in [4.69, 9.17) is 9.47 Å². The molecule has 1 amide bonds. The lowest BCUT2D eigenvalue weighted by atomic mass is 10.1. The van der Waals surface area contributed by atoms with Crippen LogP contribution in [0.15, 0.2) is 30.3 Å². The molecule has 0 atom stereocenters. The van der Waals surface area contributed by atoms with Gasteiger partial charge in [0.05, 0.1) is 10.2 Å². The van der Waals surface area contributed by atoms with E-state index in [2.05, 4.69) is 23.3 Å². The molecule has 6 heteroatoms. The van der Waals surface area contributed by atoms with Crippen molar-refractivity contribution in [2.45, 2.75) is 13.8 Å². The molecule has 0 spiro atoms. The van der Waals surface area contributed by atoms with Gasteiger partial charge in [0, 0.05) is 5.56 Å². The molecule has 0 radical (unpaired) electrons. The van der Waals surface area contributed by atoms with Gasteiger partial charge in [0.2, 0.25) is 0 Å². The first-order valence-corrected chi connectivity index (χ1v) is 8.50. The Bertz CT molecular complexity index is 949. The van der Waals surface area contributed by atoms with Gasteiger partial charge in [-0.2, -0.15) is 0 Å². The van der Waals surface area contributed by atoms with Crippen molar-refractivity contribution in [1.82, 2.24) is 4.98 Å². The fourth-order valence-corrected chi connectivity index (χ4v) is 3.69. The van der Waals surface area contributed by atoms with Crippen LogP contribution >= 0.6 is 11.3 Å². The average molecular weight is 340 g/mol. The van der Waals surface area contributed by atoms with Crippen molar-refractivity contribution < 1.29 is 14.3 Å². The van der Waals surface area contributed by atoms with Gasteiger partial charge < -0.3 is 9.47 Å². The molecule has 5 nitrogen and oxygen atoms in total. The van der Waals surface area contributed by atoms with Gasteiger partial charge in [-0.05, 0) is 49.2 Å². The number of amides is 1. The van der Waals surface area contributed by atoms with E-state index >= 15 is 0 Å². The molecule has 1 aliphatic rings. The highest BCUT2D eigenvalue weighted by atomic mass is 32.1. The molecule has 4 rings (SSSR count). The molecule has 0 unspecified atom stereocenters. The minimum absolute atomic E-state index is 0.208. The molecule has 1 aromatic heterocycles. The SMILES string of the molecule is Cc1cc(C)c2sc(NC(=O)c3ccc4c(c3)OCCO4)nc2c1. The number of fused-ring (bicyclic) bond motifs is 2. The Morgan fingerprint density at radius 3 is 2.75 bits per heavy atom. The Labute approximate surface area is 143 Å². The molecule has 0 bridgehead atoms. The van der Waals surface area contributed by atoms with E-state index < -0.39 is 0 Å². The summed E-state index contributed by atoms with van der Waals surface area (Å²) < 4.78 is 12.1. The lowest BCUT2D eigenvalue weighted by Crippen LogP contribution is -2.17. The van der Waals surface area contributed by atoms with Crippen LogP contribution in [0.2, 0.25) is 0 Å². The number of anilines is 1. The minimum atomic E-state index is -0.208. The molecule has 24 heavy (non-hydrogen) atoms. The molecular weight excluding hydrogens is 324 g/mol. The second-order valence-electron chi connectivity index (χ2n) is 5.76. The minimum Gasteiger partial charge on any atom is -0.486 e. The number of nitrogens with zero attached hydrogens (tertiary/aromatic N) is 1. The zero-order chi connectivity index (χ0) is 16.7. The fraction of sp³-hybridized carbons (Fsp3) is 0.222. The zero-order valence-corrected chi connectivity index (χ0v) is 14.2. The largest absolute Gasteiger partial charge is 0.486 e. The summed E-state index contributed by atoms with van der Waals surface area (Å²) in [6, 6.07) is 9.33. The number of aromatic nitrogens is 1. The second-order valence-corrected chi connectivity index (χ2v) is 6.76. The third kappa shape index (κ3) is 2.69. The van der Waals surface area contributed by atoms with Crippen LogP contribution in [-0.2, 0) is 0 Å². The monoisotopic (exact) mass is 340 g/mol. The van der Waals surface area contributed by atoms with Crippen molar-refractivity contribution in [3.8, 4) is 11.5 Å². The predicted octanol–water partition coefficient (Wildman–Crippen LogP) is 3.94. The lowest BCUT2D eigenvalue weighted by Gasteiger charge is -2.18. The fourth-order valence-electron chi connectivity index (χ4n) is 2.78. The van der Waals surface area contributed by atoms with Crippen LogP contribution in [0.5, 0.6) is 11.5 Å². The Hall–Kier alpha value is -2.60. The molecule has 0 saturated heterocycles. The van der Waals surface area contributed by atoms with Gasteiger partial charge in [-0.25, -0.2) is 4.98 Å². The molecule has 1 aliphatic heterocycles. The Morgan fingerprint density at radius 1 is 1.12 bits per heavy atom. The van der Waals surface area contributed by atoms with Gasteiger partial charge >= 0.3 is 0 Å². The number of rotatable bonds is 2. The average Bonchev–Trinajstić information content (AvgIpc) is 2.97. The van der Waals surface area contributed by atoms with E-state index in [0.717, 1.165) is 15.8 Å². The maximum Gasteiger partial charge on any atom is 0.257 e. The van der Waals surface area contributed by atoms with E-state index in [0.29, 0.717) is 35.4 Å². The molecule has 0 fully saturated rings. The quantitative estimate of drug-likeness (QED) is 0.768. The molecule has 0 saturated carbocycles. The Balaban J connectivity index is 1.61. The highest BCUT2D eigenvalue weighted by Crippen LogP contribution is 2.32. The van der Waals surface area contributed by atoms with Gasteiger partial charge in [-0.1, -0.05) is 17.4 Å². The molecule has 0 aliphatic carbocycles. The van der Waals surface area contributed by atoms with Gasteiger partial charge in [0.15, 0.2) is 16.6 Å². The summed E-state index contributed by atoms with van der Waals surface area (Å²) in [5.41, 5.74) is 3.76. The second kappa shape index (κ2) is 5.79. The molecule has 3 aromatic rings. The standard InChI is InChI=1S/C18H16N2O3S/c1-10-7-11(2)16-13(8-10)19-18(24-16)20-17(21)12-3-4-14-15(9-12)23-6-5-22-14/h3-4,7-9H,5-6H2,1-2H3,(H,19,20,21). The number of nitrogens with one attached hydrogen (secondary N) is 1. The van der Waals surface area contributed by atoms with Crippen molar-refractivity contribution in [3.05, 3.63) is 47.0 Å². The number of benzene rings is 2. The number of carbonyl (C=O) groups excluding carboxylic acids is 1. The van der Waals surface area contributed by atoms with Crippen molar-refractivity contribution >= 4 is 32.6 Å². The number of thiazole rings is 1. The highest BCUT2D eigenvalue weighted by Gasteiger charge is 2.16. The lowest BCUT2D eigenvalue weighted by molar-refractivity contribution is 0.102. The van der Waals surface area contributed by atoms with Gasteiger partial charge in [-0.15, -0.1) is 0 Å². The smallest absolute Gasteiger partial charge is 0.257 e. The number of carbonyl (C=O) groups is 1. The molecule has 2 aromatic carbocycles. The summed E-state index contributed by atoms with van der Waals surface area (Å²) in [4.78, 5) is 17.0. The summed E-state index contributed by atoms with van der Waals surface area (Å²) in [6.07, 6.45) is 0. The molecular formula is C18H16N2O3S.